The van der Waals surface area contributed by atoms with Gasteiger partial charge in [-0.2, -0.15) is 5.10 Å². The van der Waals surface area contributed by atoms with Gasteiger partial charge in [0.25, 0.3) is 11.8 Å². The lowest BCUT2D eigenvalue weighted by molar-refractivity contribution is -0.113. The molecule has 5 rings (SSSR count). The van der Waals surface area contributed by atoms with E-state index < -0.39 is 5.91 Å². The van der Waals surface area contributed by atoms with E-state index in [9.17, 15) is 14.4 Å². The molecule has 8 N–H and O–H groups in total. The van der Waals surface area contributed by atoms with Crippen molar-refractivity contribution in [2.45, 2.75) is 64.6 Å². The molecule has 13 heteroatoms. The van der Waals surface area contributed by atoms with Crippen molar-refractivity contribution in [3.05, 3.63) is 94.6 Å². The Morgan fingerprint density at radius 3 is 2.68 bits per heavy atom. The summed E-state index contributed by atoms with van der Waals surface area (Å²) in [4.78, 5) is 40.0. The number of H-pyrrole nitrogens is 1. The van der Waals surface area contributed by atoms with Crippen LogP contribution in [0.5, 0.6) is 0 Å². The van der Waals surface area contributed by atoms with E-state index in [4.69, 9.17) is 11.6 Å². The van der Waals surface area contributed by atoms with Gasteiger partial charge in [-0.25, -0.2) is 0 Å². The number of nitrogens with one attached hydrogen (secondary N) is 4. The third-order valence-electron chi connectivity index (χ3n) is 7.59. The molecule has 0 saturated carbocycles. The summed E-state index contributed by atoms with van der Waals surface area (Å²) in [5.41, 5.74) is 13.3. The molecule has 3 atom stereocenters. The zero-order valence-corrected chi connectivity index (χ0v) is 25.3. The van der Waals surface area contributed by atoms with Crippen molar-refractivity contribution < 1.29 is 14.4 Å². The van der Waals surface area contributed by atoms with E-state index in [0.717, 1.165) is 23.2 Å². The molecule has 2 heterocycles. The number of amides is 2. The number of anilines is 1. The minimum atomic E-state index is -0.398. The van der Waals surface area contributed by atoms with Crippen LogP contribution in [-0.4, -0.2) is 46.4 Å². The molecule has 44 heavy (non-hydrogen) atoms. The zero-order chi connectivity index (χ0) is 31.8. The second kappa shape index (κ2) is 14.3. The fourth-order valence-electron chi connectivity index (χ4n) is 5.27. The second-order valence-electron chi connectivity index (χ2n) is 10.5. The molecule has 0 radical (unpaired) electrons. The number of fused-ring (bicyclic) bond motifs is 1. The van der Waals surface area contributed by atoms with Crippen LogP contribution < -0.4 is 32.5 Å². The lowest BCUT2D eigenvalue weighted by Gasteiger charge is -2.31. The molecule has 0 saturated heterocycles. The van der Waals surface area contributed by atoms with Crippen molar-refractivity contribution in [1.29, 1.82) is 0 Å². The van der Waals surface area contributed by atoms with E-state index in [1.54, 1.807) is 0 Å². The molecule has 13 nitrogen and oxygen atoms in total. The molecule has 2 aromatic rings. The van der Waals surface area contributed by atoms with Crippen LogP contribution >= 0.6 is 0 Å². The van der Waals surface area contributed by atoms with Crippen LogP contribution in [0.1, 0.15) is 78.1 Å². The topological polar surface area (TPSA) is 196 Å². The Kier molecular flexibility index (Phi) is 10.3. The molecule has 1 aromatic heterocycles. The summed E-state index contributed by atoms with van der Waals surface area (Å²) >= 11 is 0. The monoisotopic (exact) mass is 600 g/mol. The molecule has 1 aliphatic heterocycles. The summed E-state index contributed by atoms with van der Waals surface area (Å²) in [6.07, 6.45) is 9.99. The first-order chi connectivity index (χ1) is 21.3. The fraction of sp³-hybridized carbons (Fsp3) is 0.355. The molecule has 232 valence electrons. The number of ketones is 1. The zero-order valence-electron chi connectivity index (χ0n) is 25.3. The maximum absolute atomic E-state index is 12.9. The lowest BCUT2D eigenvalue weighted by atomic mass is 9.92. The first kappa shape index (κ1) is 31.7. The number of nitrogens with zero attached hydrogens (tertiary/aromatic N) is 4. The van der Waals surface area contributed by atoms with Crippen LogP contribution in [0.3, 0.4) is 0 Å². The smallest absolute Gasteiger partial charge is 0.272 e. The van der Waals surface area contributed by atoms with Gasteiger partial charge in [0.1, 0.15) is 11.4 Å². The van der Waals surface area contributed by atoms with Gasteiger partial charge in [0.05, 0.1) is 11.7 Å². The number of carbonyl (C=O) groups is 3. The highest BCUT2D eigenvalue weighted by atomic mass is 16.2. The van der Waals surface area contributed by atoms with Crippen LogP contribution in [-0.2, 0) is 11.3 Å². The summed E-state index contributed by atoms with van der Waals surface area (Å²) in [5, 5.41) is 19.3. The van der Waals surface area contributed by atoms with Crippen molar-refractivity contribution >= 4 is 23.3 Å². The average Bonchev–Trinajstić information content (AvgIpc) is 3.68. The molecule has 3 unspecified atom stereocenters. The first-order valence-corrected chi connectivity index (χ1v) is 14.7. The molecular formula is C31H40N10O3. The van der Waals surface area contributed by atoms with E-state index in [1.807, 2.05) is 61.3 Å². The highest BCUT2D eigenvalue weighted by Gasteiger charge is 2.39. The minimum absolute atomic E-state index is 0.0432. The normalized spacial score (nSPS) is 22.5. The van der Waals surface area contributed by atoms with Gasteiger partial charge in [0, 0.05) is 42.4 Å². The Morgan fingerprint density at radius 2 is 1.93 bits per heavy atom. The predicted octanol–water partition coefficient (Wildman–Crippen LogP) is 3.19. The highest BCUT2D eigenvalue weighted by Crippen LogP contribution is 2.42. The molecule has 2 aliphatic carbocycles. The van der Waals surface area contributed by atoms with Crippen molar-refractivity contribution in [2.75, 3.05) is 11.4 Å². The molecule has 0 bridgehead atoms. The van der Waals surface area contributed by atoms with E-state index in [1.165, 1.54) is 6.07 Å². The Hall–Kier alpha value is -5.20. The Labute approximate surface area is 256 Å². The Morgan fingerprint density at radius 1 is 1.16 bits per heavy atom. The third kappa shape index (κ3) is 6.88. The SMILES string of the molecule is C=C1C(=O)C(N2CC(C)c3ccc(CNC(=O)c4cc(C(=O)NC5/C=C/CC(N/N=N/N)/C=C/CC5)n[nH]4)cc32)=C1N.CC. The molecule has 0 spiro atoms. The maximum Gasteiger partial charge on any atom is 0.272 e. The lowest BCUT2D eigenvalue weighted by Crippen LogP contribution is -2.38. The quantitative estimate of drug-likeness (QED) is 0.0873. The van der Waals surface area contributed by atoms with Crippen LogP contribution in [0.25, 0.3) is 0 Å². The first-order valence-electron chi connectivity index (χ1n) is 14.7. The van der Waals surface area contributed by atoms with Crippen molar-refractivity contribution in [1.82, 2.24) is 26.3 Å². The summed E-state index contributed by atoms with van der Waals surface area (Å²) in [7, 11) is 0. The van der Waals surface area contributed by atoms with Gasteiger partial charge in [-0.15, -0.1) is 0 Å². The van der Waals surface area contributed by atoms with Crippen molar-refractivity contribution in [2.24, 2.45) is 22.0 Å². The largest absolute Gasteiger partial charge is 0.396 e. The number of hydrogen-bond donors (Lipinski definition) is 6. The molecule has 3 aliphatic rings. The number of Topliss-reactive ketones (excluding diaryl/α,β-unsaturated/α-hetero) is 1. The molecule has 2 amide bonds. The second-order valence-corrected chi connectivity index (χ2v) is 10.5. The molecule has 1 aromatic carbocycles. The highest BCUT2D eigenvalue weighted by molar-refractivity contribution is 6.21. The number of carbonyl (C=O) groups excluding carboxylic acids is 3. The maximum atomic E-state index is 12.9. The number of aromatic nitrogens is 2. The summed E-state index contributed by atoms with van der Waals surface area (Å²) < 4.78 is 0. The predicted molar refractivity (Wildman–Crippen MR) is 168 cm³/mol. The van der Waals surface area contributed by atoms with Crippen LogP contribution in [0.15, 0.2) is 82.6 Å². The number of benzene rings is 1. The number of allylic oxidation sites excluding steroid dienone is 3. The Bertz CT molecular complexity index is 1540. The van der Waals surface area contributed by atoms with E-state index in [2.05, 4.69) is 50.2 Å². The van der Waals surface area contributed by atoms with Crippen molar-refractivity contribution in [3.8, 4) is 0 Å². The van der Waals surface area contributed by atoms with Gasteiger partial charge in [0.15, 0.2) is 5.69 Å². The standard InChI is InChI=1S/C29H34N10O3.C2H6/c1-16-15-39(26-25(30)17(2)27(26)40)24-12-18(10-11-21(16)24)14-32-28(41)22-13-23(36-35-22)29(42)33-19-6-3-4-7-20(9-5-8-19)34-38-37-31;1-2/h4-5,7-8,10-13,16,19-20H,2-3,6,9,14-15,30H2,1H3,(H2,31,38)(H,32,41)(H,33,42)(H,34,37)(H,35,36);1-2H3/b7-4+,8-5+;. The molecule has 0 fully saturated rings. The third-order valence-corrected chi connectivity index (χ3v) is 7.59. The van der Waals surface area contributed by atoms with Crippen LogP contribution in [0.2, 0.25) is 0 Å². The minimum Gasteiger partial charge on any atom is -0.396 e. The van der Waals surface area contributed by atoms with Crippen LogP contribution in [0, 0.1) is 0 Å². The van der Waals surface area contributed by atoms with Gasteiger partial charge in [-0.1, -0.05) is 74.2 Å². The molecular weight excluding hydrogens is 560 g/mol. The van der Waals surface area contributed by atoms with E-state index in [-0.39, 0.29) is 47.6 Å². The number of hydrogen-bond acceptors (Lipinski definition) is 8. The van der Waals surface area contributed by atoms with Crippen LogP contribution in [0.4, 0.5) is 5.69 Å². The average molecular weight is 601 g/mol. The summed E-state index contributed by atoms with van der Waals surface area (Å²) in [5.74, 6) is 4.35. The van der Waals surface area contributed by atoms with Gasteiger partial charge in [-0.05, 0) is 36.5 Å². The number of rotatable bonds is 8. The van der Waals surface area contributed by atoms with E-state index >= 15 is 0 Å². The van der Waals surface area contributed by atoms with E-state index in [0.29, 0.717) is 36.4 Å². The summed E-state index contributed by atoms with van der Waals surface area (Å²) in [6.45, 7) is 10.7. The number of nitrogens with two attached hydrogens (primary N) is 2. The van der Waals surface area contributed by atoms with Gasteiger partial charge < -0.3 is 27.1 Å². The van der Waals surface area contributed by atoms with Gasteiger partial charge in [0.2, 0.25) is 5.78 Å². The summed E-state index contributed by atoms with van der Waals surface area (Å²) in [6, 6.07) is 7.10. The number of aromatic amines is 1. The fourth-order valence-corrected chi connectivity index (χ4v) is 5.27. The van der Waals surface area contributed by atoms with Gasteiger partial charge in [-0.3, -0.25) is 24.9 Å². The van der Waals surface area contributed by atoms with Gasteiger partial charge >= 0.3 is 0 Å². The van der Waals surface area contributed by atoms with Crippen molar-refractivity contribution in [3.63, 3.8) is 0 Å². The Balaban J connectivity index is 0.00000216.